The number of ether oxygens (including phenoxy) is 2. The first-order chi connectivity index (χ1) is 6.67. The Labute approximate surface area is 86.4 Å². The summed E-state index contributed by atoms with van der Waals surface area (Å²) in [6.45, 7) is 6.12. The molecular weight excluding hydrogens is 180 g/mol. The average Bonchev–Trinajstić information content (AvgIpc) is 2.94. The second-order valence-electron chi connectivity index (χ2n) is 4.41. The van der Waals surface area contributed by atoms with Crippen molar-refractivity contribution in [3.05, 3.63) is 0 Å². The summed E-state index contributed by atoms with van der Waals surface area (Å²) in [6.07, 6.45) is 4.54. The standard InChI is InChI=1S/C11H22O3/c1-11(2,10-9-13-10)14-8-6-4-3-5-7-12/h10,12H,3-9H2,1-2H3. The fourth-order valence-corrected chi connectivity index (χ4v) is 1.45. The van der Waals surface area contributed by atoms with Gasteiger partial charge in [-0.05, 0) is 26.7 Å². The molecule has 1 heterocycles. The summed E-state index contributed by atoms with van der Waals surface area (Å²) in [4.78, 5) is 0. The third-order valence-corrected chi connectivity index (χ3v) is 2.64. The first-order valence-electron chi connectivity index (χ1n) is 5.53. The van der Waals surface area contributed by atoms with Crippen molar-refractivity contribution < 1.29 is 14.6 Å². The normalized spacial score (nSPS) is 21.2. The summed E-state index contributed by atoms with van der Waals surface area (Å²) >= 11 is 0. The molecular formula is C11H22O3. The molecule has 1 aliphatic heterocycles. The number of rotatable bonds is 8. The number of epoxide rings is 1. The van der Waals surface area contributed by atoms with E-state index in [1.165, 1.54) is 0 Å². The van der Waals surface area contributed by atoms with Gasteiger partial charge in [-0.15, -0.1) is 0 Å². The molecule has 1 N–H and O–H groups in total. The highest BCUT2D eigenvalue weighted by Gasteiger charge is 2.40. The van der Waals surface area contributed by atoms with E-state index in [1.54, 1.807) is 0 Å². The lowest BCUT2D eigenvalue weighted by atomic mass is 10.1. The van der Waals surface area contributed by atoms with E-state index in [2.05, 4.69) is 13.8 Å². The minimum absolute atomic E-state index is 0.114. The predicted octanol–water partition coefficient (Wildman–Crippen LogP) is 1.73. The van der Waals surface area contributed by atoms with Gasteiger partial charge in [-0.25, -0.2) is 0 Å². The number of aliphatic hydroxyl groups excluding tert-OH is 1. The summed E-state index contributed by atoms with van der Waals surface area (Å²) in [7, 11) is 0. The van der Waals surface area contributed by atoms with Crippen molar-refractivity contribution in [1.82, 2.24) is 0 Å². The topological polar surface area (TPSA) is 42.0 Å². The van der Waals surface area contributed by atoms with Crippen molar-refractivity contribution in [3.63, 3.8) is 0 Å². The Hall–Kier alpha value is -0.120. The fourth-order valence-electron chi connectivity index (χ4n) is 1.45. The van der Waals surface area contributed by atoms with Gasteiger partial charge in [0.1, 0.15) is 6.10 Å². The molecule has 0 saturated carbocycles. The van der Waals surface area contributed by atoms with Crippen molar-refractivity contribution in [3.8, 4) is 0 Å². The van der Waals surface area contributed by atoms with Crippen LogP contribution in [0.15, 0.2) is 0 Å². The van der Waals surface area contributed by atoms with Gasteiger partial charge in [0, 0.05) is 13.2 Å². The van der Waals surface area contributed by atoms with Gasteiger partial charge < -0.3 is 14.6 Å². The van der Waals surface area contributed by atoms with Crippen LogP contribution in [0.5, 0.6) is 0 Å². The molecule has 0 radical (unpaired) electrons. The number of aliphatic hydroxyl groups is 1. The van der Waals surface area contributed by atoms with Crippen molar-refractivity contribution >= 4 is 0 Å². The molecule has 0 spiro atoms. The van der Waals surface area contributed by atoms with E-state index in [0.29, 0.717) is 12.7 Å². The van der Waals surface area contributed by atoms with Gasteiger partial charge in [-0.1, -0.05) is 12.8 Å². The SMILES string of the molecule is CC(C)(OCCCCCCO)C1CO1. The zero-order valence-corrected chi connectivity index (χ0v) is 9.29. The van der Waals surface area contributed by atoms with Crippen LogP contribution in [-0.4, -0.2) is 36.6 Å². The molecule has 1 atom stereocenters. The summed E-state index contributed by atoms with van der Waals surface area (Å²) in [5.41, 5.74) is -0.114. The molecule has 3 heteroatoms. The van der Waals surface area contributed by atoms with Crippen LogP contribution in [0.1, 0.15) is 39.5 Å². The third-order valence-electron chi connectivity index (χ3n) is 2.64. The van der Waals surface area contributed by atoms with E-state index in [-0.39, 0.29) is 5.60 Å². The van der Waals surface area contributed by atoms with Crippen LogP contribution < -0.4 is 0 Å². The van der Waals surface area contributed by atoms with Gasteiger partial charge in [-0.2, -0.15) is 0 Å². The average molecular weight is 202 g/mol. The summed E-state index contributed by atoms with van der Waals surface area (Å²) < 4.78 is 11.0. The van der Waals surface area contributed by atoms with Crippen LogP contribution in [0.3, 0.4) is 0 Å². The molecule has 0 aromatic rings. The Kier molecular flexibility index (Phi) is 4.85. The first kappa shape index (κ1) is 12.0. The maximum atomic E-state index is 8.59. The van der Waals surface area contributed by atoms with Crippen molar-refractivity contribution in [2.24, 2.45) is 0 Å². The molecule has 0 aromatic carbocycles. The number of hydrogen-bond donors (Lipinski definition) is 1. The molecule has 0 bridgehead atoms. The van der Waals surface area contributed by atoms with Gasteiger partial charge >= 0.3 is 0 Å². The van der Waals surface area contributed by atoms with Gasteiger partial charge in [0.05, 0.1) is 12.2 Å². The van der Waals surface area contributed by atoms with Gasteiger partial charge in [0.25, 0.3) is 0 Å². The van der Waals surface area contributed by atoms with E-state index in [9.17, 15) is 0 Å². The summed E-state index contributed by atoms with van der Waals surface area (Å²) in [6, 6.07) is 0. The summed E-state index contributed by atoms with van der Waals surface area (Å²) in [5.74, 6) is 0. The van der Waals surface area contributed by atoms with E-state index in [0.717, 1.165) is 38.9 Å². The van der Waals surface area contributed by atoms with Gasteiger partial charge in [-0.3, -0.25) is 0 Å². The Bertz CT molecular complexity index is 153. The smallest absolute Gasteiger partial charge is 0.109 e. The molecule has 0 aliphatic carbocycles. The maximum absolute atomic E-state index is 8.59. The lowest BCUT2D eigenvalue weighted by molar-refractivity contribution is -0.0378. The number of unbranched alkanes of at least 4 members (excludes halogenated alkanes) is 3. The van der Waals surface area contributed by atoms with Crippen LogP contribution in [0.2, 0.25) is 0 Å². The molecule has 1 aliphatic rings. The first-order valence-corrected chi connectivity index (χ1v) is 5.53. The van der Waals surface area contributed by atoms with E-state index < -0.39 is 0 Å². The zero-order chi connectivity index (χ0) is 10.4. The van der Waals surface area contributed by atoms with Gasteiger partial charge in [0.15, 0.2) is 0 Å². The van der Waals surface area contributed by atoms with Gasteiger partial charge in [0.2, 0.25) is 0 Å². The second-order valence-corrected chi connectivity index (χ2v) is 4.41. The highest BCUT2D eigenvalue weighted by Crippen LogP contribution is 2.27. The molecule has 1 fully saturated rings. The molecule has 84 valence electrons. The van der Waals surface area contributed by atoms with Crippen LogP contribution in [0.25, 0.3) is 0 Å². The van der Waals surface area contributed by atoms with Crippen LogP contribution in [-0.2, 0) is 9.47 Å². The Morgan fingerprint density at radius 2 is 1.93 bits per heavy atom. The quantitative estimate of drug-likeness (QED) is 0.481. The lowest BCUT2D eigenvalue weighted by Gasteiger charge is -2.22. The molecule has 1 saturated heterocycles. The minimum atomic E-state index is -0.114. The van der Waals surface area contributed by atoms with Crippen LogP contribution in [0, 0.1) is 0 Å². The maximum Gasteiger partial charge on any atom is 0.109 e. The molecule has 0 amide bonds. The highest BCUT2D eigenvalue weighted by atomic mass is 16.6. The third kappa shape index (κ3) is 4.40. The summed E-state index contributed by atoms with van der Waals surface area (Å²) in [5, 5.41) is 8.59. The van der Waals surface area contributed by atoms with E-state index in [4.69, 9.17) is 14.6 Å². The molecule has 1 rings (SSSR count). The van der Waals surface area contributed by atoms with Crippen LogP contribution in [0.4, 0.5) is 0 Å². The van der Waals surface area contributed by atoms with E-state index >= 15 is 0 Å². The highest BCUT2D eigenvalue weighted by molar-refractivity contribution is 4.88. The monoisotopic (exact) mass is 202 g/mol. The lowest BCUT2D eigenvalue weighted by Crippen LogP contribution is -2.31. The minimum Gasteiger partial charge on any atom is -0.396 e. The molecule has 1 unspecified atom stereocenters. The molecule has 3 nitrogen and oxygen atoms in total. The predicted molar refractivity (Wildman–Crippen MR) is 55.3 cm³/mol. The van der Waals surface area contributed by atoms with Crippen molar-refractivity contribution in [2.45, 2.75) is 51.2 Å². The molecule has 14 heavy (non-hydrogen) atoms. The van der Waals surface area contributed by atoms with Crippen LogP contribution >= 0.6 is 0 Å². The van der Waals surface area contributed by atoms with Crippen molar-refractivity contribution in [1.29, 1.82) is 0 Å². The number of hydrogen-bond acceptors (Lipinski definition) is 3. The molecule has 0 aromatic heterocycles. The van der Waals surface area contributed by atoms with Crippen molar-refractivity contribution in [2.75, 3.05) is 19.8 Å². The Morgan fingerprint density at radius 3 is 2.50 bits per heavy atom. The second kappa shape index (κ2) is 5.69. The van der Waals surface area contributed by atoms with E-state index in [1.807, 2.05) is 0 Å². The fraction of sp³-hybridized carbons (Fsp3) is 1.00. The Morgan fingerprint density at radius 1 is 1.29 bits per heavy atom. The zero-order valence-electron chi connectivity index (χ0n) is 9.29. The Balaban J connectivity index is 1.92. The largest absolute Gasteiger partial charge is 0.396 e.